The maximum Gasteiger partial charge on any atom is 0.327 e. The number of rotatable bonds is 2. The van der Waals surface area contributed by atoms with E-state index in [0.717, 1.165) is 11.8 Å². The highest BCUT2D eigenvalue weighted by atomic mass is 16.6. The molecule has 0 spiro atoms. The Bertz CT molecular complexity index is 426. The Morgan fingerprint density at radius 3 is 2.52 bits per heavy atom. The summed E-state index contributed by atoms with van der Waals surface area (Å²) in [5.74, 6) is -0.849. The lowest BCUT2D eigenvalue weighted by Gasteiger charge is -2.31. The average Bonchev–Trinajstić information content (AvgIpc) is 2.66. The third-order valence-electron chi connectivity index (χ3n) is 2.71. The van der Waals surface area contributed by atoms with Gasteiger partial charge in [-0.15, -0.1) is 0 Å². The molecule has 1 saturated heterocycles. The van der Waals surface area contributed by atoms with E-state index in [2.05, 4.69) is 10.3 Å². The summed E-state index contributed by atoms with van der Waals surface area (Å²) in [6.45, 7) is 0.555. The van der Waals surface area contributed by atoms with Gasteiger partial charge in [-0.3, -0.25) is 15.0 Å². The molecule has 0 bridgehead atoms. The molecule has 0 unspecified atom stereocenters. The zero-order valence-corrected chi connectivity index (χ0v) is 11.2. The van der Waals surface area contributed by atoms with E-state index in [4.69, 9.17) is 25.5 Å². The van der Waals surface area contributed by atoms with Gasteiger partial charge in [0.05, 0.1) is 6.61 Å². The molecule has 4 atom stereocenters. The number of carbonyl (C=O) groups excluding carboxylic acids is 1. The summed E-state index contributed by atoms with van der Waals surface area (Å²) >= 11 is 0. The molecule has 0 saturated carbocycles. The van der Waals surface area contributed by atoms with Gasteiger partial charge < -0.3 is 30.9 Å². The Hall–Kier alpha value is -1.95. The maximum absolute atomic E-state index is 11.6. The van der Waals surface area contributed by atoms with Crippen molar-refractivity contribution in [1.82, 2.24) is 10.2 Å². The van der Waals surface area contributed by atoms with E-state index in [-0.39, 0.29) is 12.6 Å². The van der Waals surface area contributed by atoms with Crippen molar-refractivity contribution in [3.8, 4) is 0 Å². The van der Waals surface area contributed by atoms with Gasteiger partial charge in [0.1, 0.15) is 25.0 Å². The molecule has 7 N–H and O–H groups in total. The first-order chi connectivity index (χ1) is 9.77. The summed E-state index contributed by atoms with van der Waals surface area (Å²) in [5, 5.41) is 37.8. The minimum atomic E-state index is -1.30. The second-order valence-electron chi connectivity index (χ2n) is 4.33. The first kappa shape index (κ1) is 17.1. The standard InChI is InChI=1S/C8H14N4O5.C2H4O2/c9-7-10-2-12(8(16)11-7)6-5(15)4(14)3(1-13)17-6;1-2(3)4/h3-6,13-15H,1-2H2,(H3,9,10,11,16);1H3,(H,3,4)/t3-,4-,5-,6-;/m1./s1. The van der Waals surface area contributed by atoms with Crippen LogP contribution in [0.15, 0.2) is 4.99 Å². The topological polar surface area (TPSA) is 178 Å². The van der Waals surface area contributed by atoms with Crippen LogP contribution in [-0.4, -0.2) is 81.1 Å². The summed E-state index contributed by atoms with van der Waals surface area (Å²) in [4.78, 5) is 25.4. The number of nitrogens with two attached hydrogens (primary N) is 1. The smallest absolute Gasteiger partial charge is 0.327 e. The fourth-order valence-electron chi connectivity index (χ4n) is 1.77. The first-order valence-corrected chi connectivity index (χ1v) is 5.97. The van der Waals surface area contributed by atoms with Gasteiger partial charge in [0, 0.05) is 6.92 Å². The van der Waals surface area contributed by atoms with Crippen molar-refractivity contribution >= 4 is 18.0 Å². The molecule has 120 valence electrons. The molecular formula is C10H18N4O7. The third-order valence-corrected chi connectivity index (χ3v) is 2.71. The number of aliphatic imine (C=N–C) groups is 1. The molecule has 0 radical (unpaired) electrons. The number of nitrogens with zero attached hydrogens (tertiary/aromatic N) is 2. The van der Waals surface area contributed by atoms with E-state index in [9.17, 15) is 15.0 Å². The molecule has 2 amide bonds. The molecule has 11 heteroatoms. The number of aliphatic carboxylic acids is 1. The lowest BCUT2D eigenvalue weighted by Crippen LogP contribution is -2.56. The van der Waals surface area contributed by atoms with Crippen molar-refractivity contribution in [2.75, 3.05) is 13.3 Å². The Balaban J connectivity index is 0.000000491. The Morgan fingerprint density at radius 2 is 2.10 bits per heavy atom. The van der Waals surface area contributed by atoms with Crippen LogP contribution >= 0.6 is 0 Å². The lowest BCUT2D eigenvalue weighted by molar-refractivity contribution is -0.134. The number of carbonyl (C=O) groups is 2. The molecule has 2 aliphatic heterocycles. The van der Waals surface area contributed by atoms with Crippen LogP contribution in [0.5, 0.6) is 0 Å². The highest BCUT2D eigenvalue weighted by molar-refractivity contribution is 5.96. The van der Waals surface area contributed by atoms with Gasteiger partial charge in [-0.1, -0.05) is 0 Å². The van der Waals surface area contributed by atoms with Crippen LogP contribution in [0, 0.1) is 0 Å². The number of nitrogens with one attached hydrogen (secondary N) is 1. The monoisotopic (exact) mass is 306 g/mol. The number of amides is 2. The van der Waals surface area contributed by atoms with Gasteiger partial charge in [-0.2, -0.15) is 0 Å². The highest BCUT2D eigenvalue weighted by Gasteiger charge is 2.47. The van der Waals surface area contributed by atoms with Gasteiger partial charge in [0.25, 0.3) is 5.97 Å². The first-order valence-electron chi connectivity index (χ1n) is 5.97. The maximum atomic E-state index is 11.6. The normalized spacial score (nSPS) is 31.9. The molecule has 2 aliphatic rings. The van der Waals surface area contributed by atoms with Gasteiger partial charge >= 0.3 is 6.03 Å². The van der Waals surface area contributed by atoms with E-state index in [1.807, 2.05) is 0 Å². The Kier molecular flexibility index (Phi) is 5.84. The number of carboxylic acid groups (broad SMARTS) is 1. The van der Waals surface area contributed by atoms with Gasteiger partial charge in [0.2, 0.25) is 0 Å². The van der Waals surface area contributed by atoms with Crippen molar-refractivity contribution < 1.29 is 34.8 Å². The number of guanidine groups is 1. The van der Waals surface area contributed by atoms with Crippen LogP contribution in [0.25, 0.3) is 0 Å². The van der Waals surface area contributed by atoms with Crippen LogP contribution in [0.2, 0.25) is 0 Å². The molecule has 0 aliphatic carbocycles. The molecule has 0 aromatic rings. The third kappa shape index (κ3) is 4.26. The van der Waals surface area contributed by atoms with E-state index in [1.54, 1.807) is 0 Å². The summed E-state index contributed by atoms with van der Waals surface area (Å²) in [5.41, 5.74) is 5.30. The molecule has 2 rings (SSSR count). The predicted molar refractivity (Wildman–Crippen MR) is 67.9 cm³/mol. The number of carboxylic acids is 1. The summed E-state index contributed by atoms with van der Waals surface area (Å²) in [6.07, 6.45) is -4.53. The number of hydrogen-bond acceptors (Lipinski definition) is 8. The van der Waals surface area contributed by atoms with E-state index >= 15 is 0 Å². The molecule has 11 nitrogen and oxygen atoms in total. The van der Waals surface area contributed by atoms with E-state index in [0.29, 0.717) is 0 Å². The van der Waals surface area contributed by atoms with E-state index in [1.165, 1.54) is 0 Å². The number of urea groups is 1. The zero-order chi connectivity index (χ0) is 16.2. The van der Waals surface area contributed by atoms with Crippen molar-refractivity contribution in [1.29, 1.82) is 0 Å². The fraction of sp³-hybridized carbons (Fsp3) is 0.700. The van der Waals surface area contributed by atoms with Crippen molar-refractivity contribution in [3.63, 3.8) is 0 Å². The lowest BCUT2D eigenvalue weighted by atomic mass is 10.1. The molecular weight excluding hydrogens is 288 g/mol. The van der Waals surface area contributed by atoms with Crippen LogP contribution in [0.4, 0.5) is 4.79 Å². The molecule has 0 aromatic heterocycles. The zero-order valence-electron chi connectivity index (χ0n) is 11.2. The van der Waals surface area contributed by atoms with E-state index < -0.39 is 43.1 Å². The molecule has 1 fully saturated rings. The average molecular weight is 306 g/mol. The van der Waals surface area contributed by atoms with Crippen LogP contribution in [0.1, 0.15) is 6.92 Å². The number of ether oxygens (including phenoxy) is 1. The molecule has 2 heterocycles. The highest BCUT2D eigenvalue weighted by Crippen LogP contribution is 2.24. The van der Waals surface area contributed by atoms with Crippen LogP contribution < -0.4 is 11.1 Å². The Morgan fingerprint density at radius 1 is 1.52 bits per heavy atom. The summed E-state index contributed by atoms with van der Waals surface area (Å²) in [7, 11) is 0. The van der Waals surface area contributed by atoms with Crippen molar-refractivity contribution in [3.05, 3.63) is 0 Å². The minimum Gasteiger partial charge on any atom is -0.481 e. The second-order valence-corrected chi connectivity index (χ2v) is 4.33. The van der Waals surface area contributed by atoms with Crippen molar-refractivity contribution in [2.24, 2.45) is 10.7 Å². The minimum absolute atomic E-state index is 0.0157. The fourth-order valence-corrected chi connectivity index (χ4v) is 1.77. The van der Waals surface area contributed by atoms with Crippen molar-refractivity contribution in [2.45, 2.75) is 31.5 Å². The number of hydrogen-bond donors (Lipinski definition) is 6. The van der Waals surface area contributed by atoms with Gasteiger partial charge in [-0.25, -0.2) is 9.79 Å². The predicted octanol–water partition coefficient (Wildman–Crippen LogP) is -3.19. The largest absolute Gasteiger partial charge is 0.481 e. The quantitative estimate of drug-likeness (QED) is 0.309. The number of aliphatic hydroxyl groups excluding tert-OH is 3. The van der Waals surface area contributed by atoms with Gasteiger partial charge in [0.15, 0.2) is 12.2 Å². The summed E-state index contributed by atoms with van der Waals surface area (Å²) in [6, 6.07) is -0.577. The van der Waals surface area contributed by atoms with Crippen LogP contribution in [-0.2, 0) is 9.53 Å². The Labute approximate surface area is 119 Å². The summed E-state index contributed by atoms with van der Waals surface area (Å²) < 4.78 is 5.19. The second kappa shape index (κ2) is 7.17. The van der Waals surface area contributed by atoms with Gasteiger partial charge in [-0.05, 0) is 0 Å². The molecule has 21 heavy (non-hydrogen) atoms. The SMILES string of the molecule is CC(=O)O.NC1=NCN([C@@H]2O[C@H](CO)[C@@H](O)[C@H]2O)C(=O)N1. The number of aliphatic hydroxyl groups is 3. The molecule has 0 aromatic carbocycles. The van der Waals surface area contributed by atoms with Crippen LogP contribution in [0.3, 0.4) is 0 Å².